The summed E-state index contributed by atoms with van der Waals surface area (Å²) in [6.45, 7) is 6.57. The Kier molecular flexibility index (Phi) is 10.7. The summed E-state index contributed by atoms with van der Waals surface area (Å²) in [6, 6.07) is 28.0. The number of benzene rings is 4. The van der Waals surface area contributed by atoms with Crippen LogP contribution >= 0.6 is 11.6 Å². The zero-order chi connectivity index (χ0) is 31.9. The van der Waals surface area contributed by atoms with Gasteiger partial charge in [-0.05, 0) is 87.9 Å². The second kappa shape index (κ2) is 14.4. The van der Waals surface area contributed by atoms with Gasteiger partial charge in [-0.1, -0.05) is 65.7 Å². The first-order valence-electron chi connectivity index (χ1n) is 14.2. The van der Waals surface area contributed by atoms with E-state index >= 15 is 0 Å². The molecule has 0 heterocycles. The van der Waals surface area contributed by atoms with Gasteiger partial charge >= 0.3 is 0 Å². The largest absolute Gasteiger partial charge is 0.457 e. The number of nitrogens with one attached hydrogen (secondary N) is 1. The number of amides is 2. The summed E-state index contributed by atoms with van der Waals surface area (Å²) >= 11 is 6.42. The summed E-state index contributed by atoms with van der Waals surface area (Å²) in [5.41, 5.74) is 1.78. The average Bonchev–Trinajstić information content (AvgIpc) is 3.00. The molecule has 1 atom stereocenters. The monoisotopic (exact) mass is 633 g/mol. The van der Waals surface area contributed by atoms with E-state index in [-0.39, 0.29) is 29.1 Å². The highest BCUT2D eigenvalue weighted by molar-refractivity contribution is 7.92. The lowest BCUT2D eigenvalue weighted by Gasteiger charge is -2.32. The fourth-order valence-electron chi connectivity index (χ4n) is 4.47. The van der Waals surface area contributed by atoms with Crippen LogP contribution in [0.25, 0.3) is 0 Å². The second-order valence-electron chi connectivity index (χ2n) is 10.7. The Balaban J connectivity index is 1.71. The molecule has 0 fully saturated rings. The Hall–Kier alpha value is -4.34. The van der Waals surface area contributed by atoms with Crippen molar-refractivity contribution in [2.24, 2.45) is 0 Å². The van der Waals surface area contributed by atoms with Gasteiger partial charge in [0.1, 0.15) is 24.1 Å². The Bertz CT molecular complexity index is 1680. The van der Waals surface area contributed by atoms with Crippen LogP contribution in [0.1, 0.15) is 31.9 Å². The van der Waals surface area contributed by atoms with Gasteiger partial charge in [0, 0.05) is 17.6 Å². The molecule has 10 heteroatoms. The number of halogens is 1. The highest BCUT2D eigenvalue weighted by atomic mass is 35.5. The van der Waals surface area contributed by atoms with Crippen LogP contribution in [0.2, 0.25) is 5.02 Å². The predicted octanol–water partition coefficient (Wildman–Crippen LogP) is 6.58. The fraction of sp³-hybridized carbons (Fsp3) is 0.235. The van der Waals surface area contributed by atoms with Gasteiger partial charge in [-0.15, -0.1) is 0 Å². The van der Waals surface area contributed by atoms with Crippen molar-refractivity contribution in [1.82, 2.24) is 10.2 Å². The molecule has 1 N–H and O–H groups in total. The molecular weight excluding hydrogens is 598 g/mol. The van der Waals surface area contributed by atoms with E-state index in [1.165, 1.54) is 17.0 Å². The Morgan fingerprint density at radius 1 is 0.818 bits per heavy atom. The molecule has 4 aromatic rings. The molecule has 2 amide bonds. The van der Waals surface area contributed by atoms with Gasteiger partial charge in [0.2, 0.25) is 11.8 Å². The second-order valence-corrected chi connectivity index (χ2v) is 13.0. The smallest absolute Gasteiger partial charge is 0.264 e. The van der Waals surface area contributed by atoms with Crippen LogP contribution in [0.5, 0.6) is 11.5 Å². The van der Waals surface area contributed by atoms with Gasteiger partial charge in [-0.2, -0.15) is 0 Å². The van der Waals surface area contributed by atoms with Crippen LogP contribution in [0.3, 0.4) is 0 Å². The highest BCUT2D eigenvalue weighted by Gasteiger charge is 2.33. The van der Waals surface area contributed by atoms with Crippen molar-refractivity contribution >= 4 is 39.1 Å². The predicted molar refractivity (Wildman–Crippen MR) is 173 cm³/mol. The number of hydrogen-bond donors (Lipinski definition) is 1. The molecule has 0 saturated carbocycles. The number of anilines is 1. The molecule has 0 aliphatic carbocycles. The van der Waals surface area contributed by atoms with Crippen molar-refractivity contribution in [3.05, 3.63) is 119 Å². The van der Waals surface area contributed by atoms with Gasteiger partial charge < -0.3 is 15.0 Å². The lowest BCUT2D eigenvalue weighted by Crippen LogP contribution is -2.52. The van der Waals surface area contributed by atoms with E-state index in [0.29, 0.717) is 22.1 Å². The maximum atomic E-state index is 14.1. The first-order chi connectivity index (χ1) is 21.0. The standard InChI is InChI=1S/C34H36ClN3O5S/c1-24(2)36-34(40)26(4)37(22-27-10-8-9-13-32(27)35)33(39)23-38(44(41,42)31-20-14-25(3)15-21-31)28-16-18-30(19-17-28)43-29-11-6-5-7-12-29/h5-21,24,26H,22-23H2,1-4H3,(H,36,40). The molecule has 4 aromatic carbocycles. The molecule has 4 rings (SSSR count). The van der Waals surface area contributed by atoms with Crippen molar-refractivity contribution in [1.29, 1.82) is 0 Å². The summed E-state index contributed by atoms with van der Waals surface area (Å²) in [4.78, 5) is 28.6. The maximum Gasteiger partial charge on any atom is 0.264 e. The molecule has 0 radical (unpaired) electrons. The summed E-state index contributed by atoms with van der Waals surface area (Å²) in [5, 5.41) is 3.27. The average molecular weight is 634 g/mol. The third-order valence-electron chi connectivity index (χ3n) is 6.89. The van der Waals surface area contributed by atoms with Crippen LogP contribution in [-0.2, 0) is 26.2 Å². The first kappa shape index (κ1) is 32.6. The normalized spacial score (nSPS) is 12.0. The van der Waals surface area contributed by atoms with E-state index in [4.69, 9.17) is 16.3 Å². The van der Waals surface area contributed by atoms with Crippen molar-refractivity contribution in [3.63, 3.8) is 0 Å². The quantitative estimate of drug-likeness (QED) is 0.190. The number of carbonyl (C=O) groups is 2. The van der Waals surface area contributed by atoms with Crippen LogP contribution in [0.4, 0.5) is 5.69 Å². The van der Waals surface area contributed by atoms with Crippen molar-refractivity contribution < 1.29 is 22.7 Å². The lowest BCUT2D eigenvalue weighted by molar-refractivity contribution is -0.139. The maximum absolute atomic E-state index is 14.1. The van der Waals surface area contributed by atoms with E-state index in [9.17, 15) is 18.0 Å². The molecule has 230 valence electrons. The van der Waals surface area contributed by atoms with Crippen LogP contribution in [0.15, 0.2) is 108 Å². The molecule has 0 aromatic heterocycles. The molecule has 0 bridgehead atoms. The highest BCUT2D eigenvalue weighted by Crippen LogP contribution is 2.29. The molecule has 0 saturated heterocycles. The van der Waals surface area contributed by atoms with E-state index in [2.05, 4.69) is 5.32 Å². The molecule has 0 spiro atoms. The van der Waals surface area contributed by atoms with E-state index in [1.807, 2.05) is 51.1 Å². The number of ether oxygens (including phenoxy) is 1. The topological polar surface area (TPSA) is 96.0 Å². The Labute approximate surface area is 264 Å². The number of carbonyl (C=O) groups excluding carboxylic acids is 2. The Morgan fingerprint density at radius 2 is 1.41 bits per heavy atom. The lowest BCUT2D eigenvalue weighted by atomic mass is 10.1. The summed E-state index contributed by atoms with van der Waals surface area (Å²) < 4.78 is 35.1. The number of sulfonamides is 1. The third kappa shape index (κ3) is 8.18. The minimum absolute atomic E-state index is 0.00740. The van der Waals surface area contributed by atoms with Gasteiger partial charge in [-0.25, -0.2) is 8.42 Å². The molecule has 8 nitrogen and oxygen atoms in total. The zero-order valence-electron chi connectivity index (χ0n) is 25.1. The molecule has 1 unspecified atom stereocenters. The summed E-state index contributed by atoms with van der Waals surface area (Å²) in [6.07, 6.45) is 0. The van der Waals surface area contributed by atoms with Gasteiger partial charge in [0.15, 0.2) is 0 Å². The zero-order valence-corrected chi connectivity index (χ0v) is 26.7. The number of hydrogen-bond acceptors (Lipinski definition) is 5. The van der Waals surface area contributed by atoms with Gasteiger partial charge in [0.25, 0.3) is 10.0 Å². The van der Waals surface area contributed by atoms with Crippen molar-refractivity contribution in [2.45, 2.75) is 51.2 Å². The number of aryl methyl sites for hydroxylation is 1. The number of rotatable bonds is 12. The van der Waals surface area contributed by atoms with Crippen LogP contribution in [-0.4, -0.2) is 43.8 Å². The fourth-order valence-corrected chi connectivity index (χ4v) is 6.08. The van der Waals surface area contributed by atoms with Crippen molar-refractivity contribution in [2.75, 3.05) is 10.8 Å². The van der Waals surface area contributed by atoms with E-state index in [1.54, 1.807) is 67.6 Å². The van der Waals surface area contributed by atoms with Crippen LogP contribution in [0, 0.1) is 6.92 Å². The molecular formula is C34H36ClN3O5S. The van der Waals surface area contributed by atoms with Gasteiger partial charge in [0.05, 0.1) is 10.6 Å². The molecule has 44 heavy (non-hydrogen) atoms. The minimum atomic E-state index is -4.20. The number of para-hydroxylation sites is 1. The molecule has 0 aliphatic rings. The van der Waals surface area contributed by atoms with Gasteiger partial charge in [-0.3, -0.25) is 13.9 Å². The van der Waals surface area contributed by atoms with Crippen LogP contribution < -0.4 is 14.4 Å². The van der Waals surface area contributed by atoms with E-state index in [0.717, 1.165) is 9.87 Å². The Morgan fingerprint density at radius 3 is 2.02 bits per heavy atom. The summed E-state index contributed by atoms with van der Waals surface area (Å²) in [5.74, 6) is 0.189. The first-order valence-corrected chi connectivity index (χ1v) is 16.0. The molecule has 0 aliphatic heterocycles. The summed E-state index contributed by atoms with van der Waals surface area (Å²) in [7, 11) is -4.20. The van der Waals surface area contributed by atoms with E-state index < -0.39 is 28.5 Å². The minimum Gasteiger partial charge on any atom is -0.457 e. The van der Waals surface area contributed by atoms with Crippen molar-refractivity contribution in [3.8, 4) is 11.5 Å². The SMILES string of the molecule is Cc1ccc(S(=O)(=O)N(CC(=O)N(Cc2ccccc2Cl)C(C)C(=O)NC(C)C)c2ccc(Oc3ccccc3)cc2)cc1. The third-order valence-corrected chi connectivity index (χ3v) is 9.05. The number of nitrogens with zero attached hydrogens (tertiary/aromatic N) is 2.